The maximum atomic E-state index is 4.55. The fourth-order valence-corrected chi connectivity index (χ4v) is 2.51. The van der Waals surface area contributed by atoms with Crippen LogP contribution in [-0.2, 0) is 7.05 Å². The fraction of sp³-hybridized carbons (Fsp3) is 0.250. The zero-order valence-corrected chi connectivity index (χ0v) is 11.7. The zero-order chi connectivity index (χ0) is 13.9. The first-order valence-corrected chi connectivity index (χ1v) is 6.85. The molecule has 20 heavy (non-hydrogen) atoms. The lowest BCUT2D eigenvalue weighted by molar-refractivity contribution is 0.572. The lowest BCUT2D eigenvalue weighted by Crippen LogP contribution is -2.24. The maximum absolute atomic E-state index is 4.55. The molecule has 2 heterocycles. The zero-order valence-electron chi connectivity index (χ0n) is 11.7. The number of benzene rings is 1. The van der Waals surface area contributed by atoms with Crippen molar-refractivity contribution in [1.29, 1.82) is 0 Å². The van der Waals surface area contributed by atoms with Crippen molar-refractivity contribution in [2.45, 2.75) is 13.0 Å². The summed E-state index contributed by atoms with van der Waals surface area (Å²) in [6.45, 7) is 3.00. The van der Waals surface area contributed by atoms with Gasteiger partial charge in [0.1, 0.15) is 0 Å². The van der Waals surface area contributed by atoms with Gasteiger partial charge in [-0.15, -0.1) is 0 Å². The number of nitrogens with zero attached hydrogens (tertiary/aromatic N) is 3. The highest BCUT2D eigenvalue weighted by molar-refractivity contribution is 5.78. The van der Waals surface area contributed by atoms with E-state index >= 15 is 0 Å². The van der Waals surface area contributed by atoms with Crippen LogP contribution in [0.15, 0.2) is 48.8 Å². The first-order chi connectivity index (χ1) is 9.79. The van der Waals surface area contributed by atoms with Crippen molar-refractivity contribution >= 4 is 10.9 Å². The van der Waals surface area contributed by atoms with E-state index in [1.54, 1.807) is 0 Å². The molecule has 2 aromatic heterocycles. The van der Waals surface area contributed by atoms with Gasteiger partial charge in [0.05, 0.1) is 17.3 Å². The van der Waals surface area contributed by atoms with Crippen LogP contribution in [-0.4, -0.2) is 21.3 Å². The summed E-state index contributed by atoms with van der Waals surface area (Å²) in [5.41, 5.74) is 3.33. The number of para-hydroxylation sites is 1. The molecule has 1 aromatic carbocycles. The summed E-state index contributed by atoms with van der Waals surface area (Å²) in [5, 5.41) is 8.93. The van der Waals surface area contributed by atoms with Crippen molar-refractivity contribution in [3.05, 3.63) is 60.0 Å². The molecule has 102 valence electrons. The molecule has 0 amide bonds. The minimum atomic E-state index is 0.115. The Kier molecular flexibility index (Phi) is 3.48. The molecule has 0 radical (unpaired) electrons. The van der Waals surface area contributed by atoms with Crippen LogP contribution in [0, 0.1) is 0 Å². The largest absolute Gasteiger partial charge is 0.305 e. The molecule has 1 atom stereocenters. The monoisotopic (exact) mass is 266 g/mol. The molecule has 1 N–H and O–H groups in total. The van der Waals surface area contributed by atoms with Crippen LogP contribution in [0.5, 0.6) is 0 Å². The number of pyridine rings is 1. The summed E-state index contributed by atoms with van der Waals surface area (Å²) in [5.74, 6) is 0. The number of fused-ring (bicyclic) bond motifs is 1. The Bertz CT molecular complexity index is 717. The first kappa shape index (κ1) is 12.8. The highest BCUT2D eigenvalue weighted by Crippen LogP contribution is 2.23. The Balaban J connectivity index is 2.07. The Morgan fingerprint density at radius 2 is 2.10 bits per heavy atom. The molecule has 0 aliphatic carbocycles. The van der Waals surface area contributed by atoms with E-state index in [1.807, 2.05) is 48.4 Å². The van der Waals surface area contributed by atoms with Crippen LogP contribution < -0.4 is 5.32 Å². The predicted octanol–water partition coefficient (Wildman–Crippen LogP) is 2.67. The van der Waals surface area contributed by atoms with Gasteiger partial charge in [-0.2, -0.15) is 5.10 Å². The van der Waals surface area contributed by atoms with E-state index in [2.05, 4.69) is 34.5 Å². The molecule has 4 heteroatoms. The van der Waals surface area contributed by atoms with Crippen molar-refractivity contribution in [2.24, 2.45) is 7.05 Å². The minimum absolute atomic E-state index is 0.115. The third-order valence-corrected chi connectivity index (χ3v) is 3.51. The number of aromatic nitrogens is 3. The van der Waals surface area contributed by atoms with Crippen LogP contribution in [0.25, 0.3) is 10.9 Å². The van der Waals surface area contributed by atoms with Crippen molar-refractivity contribution < 1.29 is 0 Å². The van der Waals surface area contributed by atoms with Gasteiger partial charge in [-0.3, -0.25) is 9.67 Å². The number of nitrogens with one attached hydrogen (secondary N) is 1. The molecule has 0 aliphatic heterocycles. The second kappa shape index (κ2) is 5.43. The highest BCUT2D eigenvalue weighted by Gasteiger charge is 2.16. The molecule has 0 fully saturated rings. The summed E-state index contributed by atoms with van der Waals surface area (Å²) in [7, 11) is 1.97. The van der Waals surface area contributed by atoms with Gasteiger partial charge >= 0.3 is 0 Å². The molecule has 3 rings (SSSR count). The molecular formula is C16H18N4. The van der Waals surface area contributed by atoms with Crippen LogP contribution in [0.4, 0.5) is 0 Å². The third-order valence-electron chi connectivity index (χ3n) is 3.51. The smallest absolute Gasteiger partial charge is 0.0763 e. The molecule has 0 aliphatic rings. The summed E-state index contributed by atoms with van der Waals surface area (Å²) in [4.78, 5) is 4.55. The molecule has 0 bridgehead atoms. The molecule has 0 spiro atoms. The van der Waals surface area contributed by atoms with Crippen molar-refractivity contribution in [1.82, 2.24) is 20.1 Å². The normalized spacial score (nSPS) is 12.7. The molecule has 1 unspecified atom stereocenters. The molecular weight excluding hydrogens is 248 g/mol. The van der Waals surface area contributed by atoms with Gasteiger partial charge in [-0.1, -0.05) is 25.1 Å². The second-order valence-electron chi connectivity index (χ2n) is 4.83. The van der Waals surface area contributed by atoms with E-state index in [-0.39, 0.29) is 6.04 Å². The Morgan fingerprint density at radius 3 is 2.85 bits per heavy atom. The van der Waals surface area contributed by atoms with E-state index in [0.717, 1.165) is 28.7 Å². The summed E-state index contributed by atoms with van der Waals surface area (Å²) in [6, 6.07) is 12.5. The summed E-state index contributed by atoms with van der Waals surface area (Å²) in [6.07, 6.45) is 3.77. The molecule has 4 nitrogen and oxygen atoms in total. The van der Waals surface area contributed by atoms with Crippen LogP contribution >= 0.6 is 0 Å². The highest BCUT2D eigenvalue weighted by atomic mass is 15.3. The quantitative estimate of drug-likeness (QED) is 0.789. The van der Waals surface area contributed by atoms with Crippen LogP contribution in [0.2, 0.25) is 0 Å². The topological polar surface area (TPSA) is 42.7 Å². The van der Waals surface area contributed by atoms with Gasteiger partial charge in [0.2, 0.25) is 0 Å². The van der Waals surface area contributed by atoms with Gasteiger partial charge in [-0.05, 0) is 30.3 Å². The average Bonchev–Trinajstić information content (AvgIpc) is 2.90. The maximum Gasteiger partial charge on any atom is 0.0763 e. The van der Waals surface area contributed by atoms with E-state index in [4.69, 9.17) is 0 Å². The lowest BCUT2D eigenvalue weighted by Gasteiger charge is -2.18. The van der Waals surface area contributed by atoms with Gasteiger partial charge in [0.15, 0.2) is 0 Å². The molecule has 0 saturated carbocycles. The van der Waals surface area contributed by atoms with Crippen molar-refractivity contribution in [3.63, 3.8) is 0 Å². The van der Waals surface area contributed by atoms with Gasteiger partial charge in [0, 0.05) is 24.8 Å². The van der Waals surface area contributed by atoms with Crippen molar-refractivity contribution in [2.75, 3.05) is 6.54 Å². The number of hydrogen-bond donors (Lipinski definition) is 1. The number of aryl methyl sites for hydroxylation is 1. The van der Waals surface area contributed by atoms with E-state index in [0.29, 0.717) is 0 Å². The van der Waals surface area contributed by atoms with E-state index in [9.17, 15) is 0 Å². The first-order valence-electron chi connectivity index (χ1n) is 6.85. The minimum Gasteiger partial charge on any atom is -0.305 e. The van der Waals surface area contributed by atoms with Gasteiger partial charge < -0.3 is 5.32 Å². The Hall–Kier alpha value is -2.20. The Labute approximate surface area is 118 Å². The second-order valence-corrected chi connectivity index (χ2v) is 4.83. The standard InChI is InChI=1S/C16H18N4/c1-3-17-16(15-8-9-19-20(15)2)13-10-12-6-4-5-7-14(12)18-11-13/h4-11,16-17H,3H2,1-2H3. The van der Waals surface area contributed by atoms with Gasteiger partial charge in [0.25, 0.3) is 0 Å². The summed E-state index contributed by atoms with van der Waals surface area (Å²) < 4.78 is 1.91. The third kappa shape index (κ3) is 2.30. The number of rotatable bonds is 4. The number of hydrogen-bond acceptors (Lipinski definition) is 3. The lowest BCUT2D eigenvalue weighted by atomic mass is 10.0. The van der Waals surface area contributed by atoms with E-state index in [1.165, 1.54) is 0 Å². The molecule has 3 aromatic rings. The van der Waals surface area contributed by atoms with Crippen LogP contribution in [0.1, 0.15) is 24.2 Å². The van der Waals surface area contributed by atoms with Crippen LogP contribution in [0.3, 0.4) is 0 Å². The summed E-state index contributed by atoms with van der Waals surface area (Å²) >= 11 is 0. The average molecular weight is 266 g/mol. The van der Waals surface area contributed by atoms with Gasteiger partial charge in [-0.25, -0.2) is 0 Å². The Morgan fingerprint density at radius 1 is 1.25 bits per heavy atom. The van der Waals surface area contributed by atoms with E-state index < -0.39 is 0 Å². The SMILES string of the molecule is CCNC(c1cnc2ccccc2c1)c1ccnn1C. The fourth-order valence-electron chi connectivity index (χ4n) is 2.51. The predicted molar refractivity (Wildman–Crippen MR) is 80.5 cm³/mol. The molecule has 0 saturated heterocycles. The van der Waals surface area contributed by atoms with Crippen molar-refractivity contribution in [3.8, 4) is 0 Å².